The number of hydrogen-bond donors (Lipinski definition) is 2. The molecule has 0 saturated heterocycles. The Bertz CT molecular complexity index is 2050. The van der Waals surface area contributed by atoms with Gasteiger partial charge in [-0.1, -0.05) is 98.8 Å². The van der Waals surface area contributed by atoms with E-state index in [4.69, 9.17) is 28.3 Å². The summed E-state index contributed by atoms with van der Waals surface area (Å²) in [4.78, 5) is 26.6. The van der Waals surface area contributed by atoms with E-state index in [2.05, 4.69) is 23.9 Å². The molecule has 2 N–H and O–H groups in total. The second-order valence-electron chi connectivity index (χ2n) is 11.3. The lowest BCUT2D eigenvalue weighted by Gasteiger charge is -2.12. The molecular formula is C35H37Cl2N5O4S2. The highest BCUT2D eigenvalue weighted by molar-refractivity contribution is 7.90. The van der Waals surface area contributed by atoms with Crippen molar-refractivity contribution in [2.24, 2.45) is 0 Å². The fraction of sp³-hybridized carbons (Fsp3) is 0.286. The Morgan fingerprint density at radius 3 is 2.38 bits per heavy atom. The Balaban J connectivity index is 1.41. The number of carbonyl (C=O) groups excluding carboxylic acids is 1. The maximum Gasteiger partial charge on any atom is 0.351 e. The van der Waals surface area contributed by atoms with E-state index in [0.29, 0.717) is 34.1 Å². The molecule has 0 unspecified atom stereocenters. The molecule has 0 atom stereocenters. The average molecular weight is 727 g/mol. The average Bonchev–Trinajstić information content (AvgIpc) is 3.65. The van der Waals surface area contributed by atoms with Crippen molar-refractivity contribution in [2.75, 3.05) is 11.9 Å². The van der Waals surface area contributed by atoms with Gasteiger partial charge in [-0.3, -0.25) is 9.36 Å². The zero-order valence-electron chi connectivity index (χ0n) is 26.7. The van der Waals surface area contributed by atoms with Crippen LogP contribution in [0.3, 0.4) is 0 Å². The van der Waals surface area contributed by atoms with Crippen molar-refractivity contribution in [3.63, 3.8) is 0 Å². The molecule has 2 heterocycles. The van der Waals surface area contributed by atoms with E-state index in [1.807, 2.05) is 24.3 Å². The van der Waals surface area contributed by atoms with Crippen molar-refractivity contribution < 1.29 is 13.2 Å². The predicted molar refractivity (Wildman–Crippen MR) is 194 cm³/mol. The largest absolute Gasteiger partial charge is 0.385 e. The number of aromatic nitrogens is 3. The van der Waals surface area contributed by atoms with Crippen LogP contribution in [0.2, 0.25) is 10.0 Å². The number of halogens is 2. The Kier molecular flexibility index (Phi) is 11.8. The molecular weight excluding hydrogens is 689 g/mol. The van der Waals surface area contributed by atoms with Gasteiger partial charge in [0.1, 0.15) is 10.7 Å². The van der Waals surface area contributed by atoms with Gasteiger partial charge >= 0.3 is 5.69 Å². The first-order valence-corrected chi connectivity index (χ1v) is 19.0. The predicted octanol–water partition coefficient (Wildman–Crippen LogP) is 8.18. The molecule has 252 valence electrons. The van der Waals surface area contributed by atoms with E-state index >= 15 is 0 Å². The number of aryl methyl sites for hydroxylation is 1. The Labute approximate surface area is 294 Å². The molecule has 0 aliphatic rings. The second-order valence-corrected chi connectivity index (χ2v) is 14.7. The smallest absolute Gasteiger partial charge is 0.351 e. The van der Waals surface area contributed by atoms with Gasteiger partial charge in [-0.25, -0.2) is 17.9 Å². The number of hydrogen-bond acceptors (Lipinski definition) is 7. The third kappa shape index (κ3) is 8.20. The minimum Gasteiger partial charge on any atom is -0.385 e. The summed E-state index contributed by atoms with van der Waals surface area (Å²) in [6, 6.07) is 20.8. The number of anilines is 1. The molecule has 0 aliphatic heterocycles. The van der Waals surface area contributed by atoms with Crippen molar-refractivity contribution >= 4 is 56.2 Å². The van der Waals surface area contributed by atoms with Crippen LogP contribution in [0.25, 0.3) is 16.8 Å². The topological polar surface area (TPSA) is 115 Å². The van der Waals surface area contributed by atoms with Crippen LogP contribution in [0, 0.1) is 0 Å². The van der Waals surface area contributed by atoms with Gasteiger partial charge in [-0.2, -0.15) is 4.68 Å². The van der Waals surface area contributed by atoms with Gasteiger partial charge in [0.25, 0.3) is 15.9 Å². The molecule has 0 saturated carbocycles. The first-order chi connectivity index (χ1) is 23.1. The van der Waals surface area contributed by atoms with Crippen LogP contribution in [0.1, 0.15) is 67.0 Å². The first-order valence-electron chi connectivity index (χ1n) is 15.8. The van der Waals surface area contributed by atoms with Gasteiger partial charge < -0.3 is 5.32 Å². The highest BCUT2D eigenvalue weighted by atomic mass is 35.5. The standard InChI is InChI=1S/C35H37Cl2N5O4S2/c1-3-5-9-20-38-26-17-18-28(36)30(22-26)42-35(44)41(32(39-42)12-6-4-2)23-24-13-15-25(16-14-24)27-10-7-8-11-31(27)48(45,46)40-34(43)33-29(37)19-21-47-33/h7-8,10-11,13-19,21-22,38H,3-6,9,12,20,23H2,1-2H3,(H,40,43). The van der Waals surface area contributed by atoms with E-state index in [1.54, 1.807) is 46.3 Å². The molecule has 0 radical (unpaired) electrons. The van der Waals surface area contributed by atoms with Gasteiger partial charge in [0.2, 0.25) is 0 Å². The maximum atomic E-state index is 13.8. The number of unbranched alkanes of at least 4 members (excludes halogenated alkanes) is 3. The fourth-order valence-electron chi connectivity index (χ4n) is 5.26. The third-order valence-corrected chi connectivity index (χ3v) is 10.9. The summed E-state index contributed by atoms with van der Waals surface area (Å²) in [5.41, 5.74) is 2.97. The van der Waals surface area contributed by atoms with Crippen molar-refractivity contribution in [1.82, 2.24) is 19.1 Å². The lowest BCUT2D eigenvalue weighted by Crippen LogP contribution is -2.30. The maximum absolute atomic E-state index is 13.8. The fourth-order valence-corrected chi connectivity index (χ4v) is 7.74. The summed E-state index contributed by atoms with van der Waals surface area (Å²) in [7, 11) is -4.22. The van der Waals surface area contributed by atoms with Crippen LogP contribution < -0.4 is 15.7 Å². The van der Waals surface area contributed by atoms with Crippen LogP contribution in [-0.4, -0.2) is 35.2 Å². The number of nitrogens with one attached hydrogen (secondary N) is 2. The Hall–Kier alpha value is -3.90. The van der Waals surface area contributed by atoms with E-state index in [-0.39, 0.29) is 27.0 Å². The van der Waals surface area contributed by atoms with Crippen molar-refractivity contribution in [3.05, 3.63) is 115 Å². The number of amides is 1. The third-order valence-electron chi connectivity index (χ3n) is 7.81. The zero-order chi connectivity index (χ0) is 34.3. The minimum absolute atomic E-state index is 0.0444. The van der Waals surface area contributed by atoms with Crippen LogP contribution in [0.4, 0.5) is 5.69 Å². The lowest BCUT2D eigenvalue weighted by atomic mass is 10.0. The van der Waals surface area contributed by atoms with Gasteiger partial charge in [0.15, 0.2) is 0 Å². The summed E-state index contributed by atoms with van der Waals surface area (Å²) in [6.07, 6.45) is 5.74. The number of thiophene rings is 1. The first kappa shape index (κ1) is 35.4. The van der Waals surface area contributed by atoms with E-state index in [9.17, 15) is 18.0 Å². The summed E-state index contributed by atoms with van der Waals surface area (Å²) in [5.74, 6) is -0.136. The van der Waals surface area contributed by atoms with E-state index < -0.39 is 15.9 Å². The second kappa shape index (κ2) is 16.0. The van der Waals surface area contributed by atoms with Gasteiger partial charge in [-0.05, 0) is 59.7 Å². The van der Waals surface area contributed by atoms with Crippen molar-refractivity contribution in [1.29, 1.82) is 0 Å². The minimum atomic E-state index is -4.22. The molecule has 2 aromatic heterocycles. The zero-order valence-corrected chi connectivity index (χ0v) is 29.9. The molecule has 1 amide bonds. The van der Waals surface area contributed by atoms with Gasteiger partial charge in [-0.15, -0.1) is 16.4 Å². The summed E-state index contributed by atoms with van der Waals surface area (Å²) >= 11 is 13.7. The lowest BCUT2D eigenvalue weighted by molar-refractivity contribution is 0.0985. The molecule has 5 aromatic rings. The Morgan fingerprint density at radius 1 is 0.917 bits per heavy atom. The quantitative estimate of drug-likeness (QED) is 0.105. The highest BCUT2D eigenvalue weighted by Gasteiger charge is 2.24. The monoisotopic (exact) mass is 725 g/mol. The van der Waals surface area contributed by atoms with Crippen LogP contribution >= 0.6 is 34.5 Å². The Morgan fingerprint density at radius 2 is 1.67 bits per heavy atom. The van der Waals surface area contributed by atoms with Gasteiger partial charge in [0, 0.05) is 24.2 Å². The normalized spacial score (nSPS) is 11.5. The number of sulfonamides is 1. The SMILES string of the molecule is CCCCCNc1ccc(Cl)c(-n2nc(CCCC)n(Cc3ccc(-c4ccccc4S(=O)(=O)NC(=O)c4sccc4Cl)cc3)c2=O)c1. The summed E-state index contributed by atoms with van der Waals surface area (Å²) in [5, 5.41) is 10.4. The van der Waals surface area contributed by atoms with Gasteiger partial charge in [0.05, 0.1) is 27.2 Å². The molecule has 0 fully saturated rings. The number of nitrogens with zero attached hydrogens (tertiary/aromatic N) is 3. The van der Waals surface area contributed by atoms with Crippen LogP contribution in [0.5, 0.6) is 0 Å². The van der Waals surface area contributed by atoms with Crippen molar-refractivity contribution in [2.45, 2.75) is 63.8 Å². The molecule has 48 heavy (non-hydrogen) atoms. The molecule has 9 nitrogen and oxygen atoms in total. The number of benzene rings is 3. The van der Waals surface area contributed by atoms with Crippen molar-refractivity contribution in [3.8, 4) is 16.8 Å². The summed E-state index contributed by atoms with van der Waals surface area (Å²) in [6.45, 7) is 5.34. The molecule has 5 rings (SSSR count). The molecule has 0 spiro atoms. The van der Waals surface area contributed by atoms with E-state index in [0.717, 1.165) is 61.2 Å². The molecule has 0 bridgehead atoms. The van der Waals surface area contributed by atoms with Crippen LogP contribution in [-0.2, 0) is 23.0 Å². The van der Waals surface area contributed by atoms with E-state index in [1.165, 1.54) is 16.8 Å². The molecule has 3 aromatic carbocycles. The number of carbonyl (C=O) groups is 1. The highest BCUT2D eigenvalue weighted by Crippen LogP contribution is 2.29. The molecule has 13 heteroatoms. The molecule has 0 aliphatic carbocycles. The summed E-state index contributed by atoms with van der Waals surface area (Å²) < 4.78 is 31.8. The van der Waals surface area contributed by atoms with Crippen LogP contribution in [0.15, 0.2) is 87.9 Å². The number of rotatable bonds is 15.